The van der Waals surface area contributed by atoms with Crippen molar-refractivity contribution in [3.63, 3.8) is 0 Å². The van der Waals surface area contributed by atoms with Crippen LogP contribution < -0.4 is 0 Å². The van der Waals surface area contributed by atoms with E-state index in [9.17, 15) is 4.79 Å². The molecule has 0 atom stereocenters. The van der Waals surface area contributed by atoms with E-state index in [2.05, 4.69) is 35.9 Å². The predicted molar refractivity (Wildman–Crippen MR) is 112 cm³/mol. The van der Waals surface area contributed by atoms with E-state index in [4.69, 9.17) is 0 Å². The van der Waals surface area contributed by atoms with E-state index in [1.807, 2.05) is 59.5 Å². The molecule has 2 aromatic carbocycles. The van der Waals surface area contributed by atoms with Crippen molar-refractivity contribution in [3.05, 3.63) is 101 Å². The number of carbonyl (C=O) groups excluding carboxylic acids is 1. The summed E-state index contributed by atoms with van der Waals surface area (Å²) in [5.74, 6) is -0.0252. The Morgan fingerprint density at radius 3 is 2.50 bits per heavy atom. The van der Waals surface area contributed by atoms with Crippen molar-refractivity contribution in [2.45, 2.75) is 26.9 Å². The van der Waals surface area contributed by atoms with Crippen LogP contribution >= 0.6 is 0 Å². The number of benzene rings is 2. The van der Waals surface area contributed by atoms with Crippen LogP contribution in [0, 0.1) is 13.8 Å². The lowest BCUT2D eigenvalue weighted by molar-refractivity contribution is 0.0723. The van der Waals surface area contributed by atoms with Crippen LogP contribution in [0.3, 0.4) is 0 Å². The summed E-state index contributed by atoms with van der Waals surface area (Å²) in [4.78, 5) is 22.9. The average Bonchev–Trinajstić information content (AvgIpc) is 3.13. The van der Waals surface area contributed by atoms with E-state index < -0.39 is 0 Å². The smallest absolute Gasteiger partial charge is 0.270 e. The number of carbonyl (C=O) groups is 1. The van der Waals surface area contributed by atoms with Gasteiger partial charge in [0, 0.05) is 23.6 Å². The van der Waals surface area contributed by atoms with Crippen LogP contribution in [-0.4, -0.2) is 20.8 Å². The summed E-state index contributed by atoms with van der Waals surface area (Å²) in [6.07, 6.45) is 1.76. The maximum atomic E-state index is 13.4. The lowest BCUT2D eigenvalue weighted by atomic mass is 10.1. The number of hydrogen-bond donors (Lipinski definition) is 1. The molecule has 4 heteroatoms. The highest BCUT2D eigenvalue weighted by molar-refractivity contribution is 5.99. The molecule has 0 saturated carbocycles. The van der Waals surface area contributed by atoms with E-state index in [1.54, 1.807) is 6.20 Å². The first kappa shape index (κ1) is 18.0. The number of nitrogens with zero attached hydrogens (tertiary/aromatic N) is 2. The third-order valence-electron chi connectivity index (χ3n) is 4.90. The highest BCUT2D eigenvalue weighted by Gasteiger charge is 2.19. The van der Waals surface area contributed by atoms with Crippen LogP contribution in [0.5, 0.6) is 0 Å². The molecule has 4 rings (SSSR count). The Hall–Kier alpha value is -3.40. The number of rotatable bonds is 5. The van der Waals surface area contributed by atoms with Crippen LogP contribution in [-0.2, 0) is 13.1 Å². The summed E-state index contributed by atoms with van der Waals surface area (Å²) < 4.78 is 0. The number of fused-ring (bicyclic) bond motifs is 1. The fourth-order valence-corrected chi connectivity index (χ4v) is 3.58. The first-order valence-electron chi connectivity index (χ1n) is 9.43. The van der Waals surface area contributed by atoms with Crippen molar-refractivity contribution in [2.75, 3.05) is 0 Å². The summed E-state index contributed by atoms with van der Waals surface area (Å²) in [5.41, 5.74) is 5.92. The minimum Gasteiger partial charge on any atom is -0.351 e. The molecule has 0 spiro atoms. The van der Waals surface area contributed by atoms with Crippen LogP contribution in [0.25, 0.3) is 10.9 Å². The van der Waals surface area contributed by atoms with Gasteiger partial charge in [0.1, 0.15) is 5.69 Å². The van der Waals surface area contributed by atoms with Crippen LogP contribution in [0.15, 0.2) is 72.9 Å². The molecule has 2 aromatic heterocycles. The third kappa shape index (κ3) is 3.81. The molecule has 140 valence electrons. The lowest BCUT2D eigenvalue weighted by Crippen LogP contribution is -2.30. The Bertz CT molecular complexity index is 1060. The Balaban J connectivity index is 1.68. The first-order valence-corrected chi connectivity index (χ1v) is 9.43. The van der Waals surface area contributed by atoms with Gasteiger partial charge in [-0.2, -0.15) is 0 Å². The van der Waals surface area contributed by atoms with E-state index >= 15 is 0 Å². The monoisotopic (exact) mass is 369 g/mol. The van der Waals surface area contributed by atoms with E-state index in [-0.39, 0.29) is 5.91 Å². The van der Waals surface area contributed by atoms with Gasteiger partial charge in [-0.15, -0.1) is 0 Å². The Labute approximate surface area is 164 Å². The molecular weight excluding hydrogens is 346 g/mol. The van der Waals surface area contributed by atoms with E-state index in [0.717, 1.165) is 22.2 Å². The van der Waals surface area contributed by atoms with Gasteiger partial charge >= 0.3 is 0 Å². The van der Waals surface area contributed by atoms with Gasteiger partial charge in [-0.05, 0) is 54.8 Å². The molecule has 0 fully saturated rings. The van der Waals surface area contributed by atoms with Gasteiger partial charge in [-0.1, -0.05) is 42.5 Å². The molecular formula is C24H23N3O. The topological polar surface area (TPSA) is 49.0 Å². The lowest BCUT2D eigenvalue weighted by Gasteiger charge is -2.22. The summed E-state index contributed by atoms with van der Waals surface area (Å²) >= 11 is 0. The Morgan fingerprint density at radius 1 is 0.964 bits per heavy atom. The SMILES string of the molecule is Cc1cc(C)c2cc(C(=O)N(Cc3ccccc3)Cc3ccccn3)[nH]c2c1. The molecule has 2 heterocycles. The fourth-order valence-electron chi connectivity index (χ4n) is 3.58. The van der Waals surface area contributed by atoms with Crippen molar-refractivity contribution < 1.29 is 4.79 Å². The number of hydrogen-bond acceptors (Lipinski definition) is 2. The summed E-state index contributed by atoms with van der Waals surface area (Å²) in [6.45, 7) is 5.14. The first-order chi connectivity index (χ1) is 13.6. The standard InChI is InChI=1S/C24H23N3O/c1-17-12-18(2)21-14-23(26-22(21)13-17)24(28)27(15-19-8-4-3-5-9-19)16-20-10-6-7-11-25-20/h3-14,26H,15-16H2,1-2H3. The van der Waals surface area contributed by atoms with Crippen molar-refractivity contribution in [1.82, 2.24) is 14.9 Å². The number of H-pyrrole nitrogens is 1. The van der Waals surface area contributed by atoms with Gasteiger partial charge < -0.3 is 9.88 Å². The molecule has 0 saturated heterocycles. The maximum absolute atomic E-state index is 13.4. The maximum Gasteiger partial charge on any atom is 0.270 e. The van der Waals surface area contributed by atoms with Gasteiger partial charge in [0.05, 0.1) is 12.2 Å². The number of aromatic amines is 1. The molecule has 4 aromatic rings. The van der Waals surface area contributed by atoms with Crippen LogP contribution in [0.1, 0.15) is 32.9 Å². The minimum absolute atomic E-state index is 0.0252. The van der Waals surface area contributed by atoms with Gasteiger partial charge in [-0.25, -0.2) is 0 Å². The number of aryl methyl sites for hydroxylation is 2. The second-order valence-electron chi connectivity index (χ2n) is 7.19. The Kier molecular flexibility index (Phi) is 4.94. The predicted octanol–water partition coefficient (Wildman–Crippen LogP) is 5.02. The molecule has 0 aliphatic rings. The van der Waals surface area contributed by atoms with E-state index in [1.165, 1.54) is 11.1 Å². The average molecular weight is 369 g/mol. The molecule has 1 N–H and O–H groups in total. The van der Waals surface area contributed by atoms with Gasteiger partial charge in [0.2, 0.25) is 0 Å². The zero-order valence-electron chi connectivity index (χ0n) is 16.1. The number of nitrogens with one attached hydrogen (secondary N) is 1. The van der Waals surface area contributed by atoms with E-state index in [0.29, 0.717) is 18.8 Å². The molecule has 0 aliphatic heterocycles. The molecule has 28 heavy (non-hydrogen) atoms. The largest absolute Gasteiger partial charge is 0.351 e. The van der Waals surface area contributed by atoms with Crippen LogP contribution in [0.4, 0.5) is 0 Å². The van der Waals surface area contributed by atoms with Crippen molar-refractivity contribution in [1.29, 1.82) is 0 Å². The van der Waals surface area contributed by atoms with Crippen molar-refractivity contribution in [3.8, 4) is 0 Å². The molecule has 0 unspecified atom stereocenters. The zero-order valence-corrected chi connectivity index (χ0v) is 16.1. The number of pyridine rings is 1. The molecule has 1 amide bonds. The van der Waals surface area contributed by atoms with Gasteiger partial charge in [0.15, 0.2) is 0 Å². The second kappa shape index (κ2) is 7.69. The minimum atomic E-state index is -0.0252. The molecule has 4 nitrogen and oxygen atoms in total. The van der Waals surface area contributed by atoms with Crippen molar-refractivity contribution >= 4 is 16.8 Å². The van der Waals surface area contributed by atoms with Gasteiger partial charge in [-0.3, -0.25) is 9.78 Å². The highest BCUT2D eigenvalue weighted by Crippen LogP contribution is 2.23. The quantitative estimate of drug-likeness (QED) is 0.537. The normalized spacial score (nSPS) is 10.9. The zero-order chi connectivity index (χ0) is 19.5. The number of amides is 1. The van der Waals surface area contributed by atoms with Crippen LogP contribution in [0.2, 0.25) is 0 Å². The van der Waals surface area contributed by atoms with Crippen molar-refractivity contribution in [2.24, 2.45) is 0 Å². The van der Waals surface area contributed by atoms with Gasteiger partial charge in [0.25, 0.3) is 5.91 Å². The molecule has 0 bridgehead atoms. The molecule has 0 radical (unpaired) electrons. The summed E-state index contributed by atoms with van der Waals surface area (Å²) in [5, 5.41) is 1.09. The number of aromatic nitrogens is 2. The molecule has 0 aliphatic carbocycles. The summed E-state index contributed by atoms with van der Waals surface area (Å²) in [7, 11) is 0. The third-order valence-corrected chi connectivity index (χ3v) is 4.90. The Morgan fingerprint density at radius 2 is 1.75 bits per heavy atom. The fraction of sp³-hybridized carbons (Fsp3) is 0.167. The summed E-state index contributed by atoms with van der Waals surface area (Å²) in [6, 6.07) is 22.0. The highest BCUT2D eigenvalue weighted by atomic mass is 16.2. The second-order valence-corrected chi connectivity index (χ2v) is 7.19.